The van der Waals surface area contributed by atoms with Gasteiger partial charge in [-0.05, 0) is 46.5 Å². The normalized spacial score (nSPS) is 26.4. The van der Waals surface area contributed by atoms with Crippen molar-refractivity contribution in [3.05, 3.63) is 0 Å². The highest BCUT2D eigenvalue weighted by Crippen LogP contribution is 2.31. The highest BCUT2D eigenvalue weighted by atomic mass is 16.4. The summed E-state index contributed by atoms with van der Waals surface area (Å²) < 4.78 is 0. The van der Waals surface area contributed by atoms with Crippen LogP contribution in [0.5, 0.6) is 0 Å². The van der Waals surface area contributed by atoms with Gasteiger partial charge in [-0.25, -0.2) is 0 Å². The average Bonchev–Trinajstić information content (AvgIpc) is 2.33. The Hall–Kier alpha value is -1.14. The molecule has 0 aromatic carbocycles. The summed E-state index contributed by atoms with van der Waals surface area (Å²) in [6.45, 7) is 6.71. The average molecular weight is 300 g/mol. The van der Waals surface area contributed by atoms with E-state index in [4.69, 9.17) is 5.11 Å². The molecule has 0 aromatic rings. The van der Waals surface area contributed by atoms with Gasteiger partial charge in [0.05, 0.1) is 11.5 Å². The molecule has 0 unspecified atom stereocenters. The van der Waals surface area contributed by atoms with Gasteiger partial charge in [0, 0.05) is 25.0 Å². The molecule has 1 saturated carbocycles. The van der Waals surface area contributed by atoms with Crippen molar-refractivity contribution in [3.63, 3.8) is 0 Å². The quantitative estimate of drug-likeness (QED) is 0.546. The summed E-state index contributed by atoms with van der Waals surface area (Å²) in [5.41, 5.74) is -1.07. The van der Waals surface area contributed by atoms with Gasteiger partial charge >= 0.3 is 5.97 Å². The molecule has 1 rings (SSSR count). The number of carboxylic acid groups (broad SMARTS) is 1. The summed E-state index contributed by atoms with van der Waals surface area (Å²) >= 11 is 0. The zero-order chi connectivity index (χ0) is 16.1. The van der Waals surface area contributed by atoms with Crippen LogP contribution in [0.15, 0.2) is 0 Å². The standard InChI is InChI=1S/C15H28N2O4/c1-14(2,3)17-12(18)6-9-16-10-15(21)7-4-11(5-8-15)13(19)20/h11,16,21H,4-10H2,1-3H3,(H,17,18)(H,19,20). The minimum Gasteiger partial charge on any atom is -0.481 e. The van der Waals surface area contributed by atoms with Crippen molar-refractivity contribution < 1.29 is 19.8 Å². The third-order valence-corrected chi connectivity index (χ3v) is 3.76. The van der Waals surface area contributed by atoms with Crippen LogP contribution < -0.4 is 10.6 Å². The molecular weight excluding hydrogens is 272 g/mol. The summed E-state index contributed by atoms with van der Waals surface area (Å²) in [7, 11) is 0. The Balaban J connectivity index is 2.21. The van der Waals surface area contributed by atoms with Gasteiger partial charge in [-0.3, -0.25) is 9.59 Å². The van der Waals surface area contributed by atoms with E-state index in [9.17, 15) is 14.7 Å². The van der Waals surface area contributed by atoms with Crippen LogP contribution in [0, 0.1) is 5.92 Å². The molecule has 1 aliphatic carbocycles. The molecule has 122 valence electrons. The number of rotatable bonds is 6. The topological polar surface area (TPSA) is 98.7 Å². The fourth-order valence-electron chi connectivity index (χ4n) is 2.58. The number of hydrogen-bond donors (Lipinski definition) is 4. The van der Waals surface area contributed by atoms with Crippen molar-refractivity contribution in [2.24, 2.45) is 5.92 Å². The van der Waals surface area contributed by atoms with Crippen molar-refractivity contribution in [1.82, 2.24) is 10.6 Å². The van der Waals surface area contributed by atoms with E-state index in [0.717, 1.165) is 0 Å². The molecule has 0 heterocycles. The molecule has 0 spiro atoms. The van der Waals surface area contributed by atoms with Gasteiger partial charge in [0.1, 0.15) is 0 Å². The second-order valence-electron chi connectivity index (χ2n) is 7.06. The van der Waals surface area contributed by atoms with Crippen molar-refractivity contribution in [3.8, 4) is 0 Å². The molecule has 6 heteroatoms. The summed E-state index contributed by atoms with van der Waals surface area (Å²) in [5.74, 6) is -1.12. The van der Waals surface area contributed by atoms with Crippen molar-refractivity contribution in [1.29, 1.82) is 0 Å². The first kappa shape index (κ1) is 17.9. The van der Waals surface area contributed by atoms with Gasteiger partial charge in [0.2, 0.25) is 5.91 Å². The Morgan fingerprint density at radius 1 is 1.24 bits per heavy atom. The molecule has 0 atom stereocenters. The zero-order valence-electron chi connectivity index (χ0n) is 13.2. The van der Waals surface area contributed by atoms with Crippen LogP contribution in [-0.4, -0.2) is 46.3 Å². The van der Waals surface area contributed by atoms with E-state index in [0.29, 0.717) is 45.2 Å². The predicted molar refractivity (Wildman–Crippen MR) is 79.9 cm³/mol. The van der Waals surface area contributed by atoms with Crippen LogP contribution in [0.1, 0.15) is 52.9 Å². The zero-order valence-corrected chi connectivity index (χ0v) is 13.2. The Morgan fingerprint density at radius 2 is 1.81 bits per heavy atom. The van der Waals surface area contributed by atoms with Gasteiger partial charge in [-0.1, -0.05) is 0 Å². The molecule has 4 N–H and O–H groups in total. The fraction of sp³-hybridized carbons (Fsp3) is 0.867. The van der Waals surface area contributed by atoms with Crippen molar-refractivity contribution >= 4 is 11.9 Å². The predicted octanol–water partition coefficient (Wildman–Crippen LogP) is 0.887. The van der Waals surface area contributed by atoms with Gasteiger partial charge < -0.3 is 20.8 Å². The lowest BCUT2D eigenvalue weighted by Crippen LogP contribution is -2.46. The smallest absolute Gasteiger partial charge is 0.306 e. The number of nitrogens with one attached hydrogen (secondary N) is 2. The third-order valence-electron chi connectivity index (χ3n) is 3.76. The van der Waals surface area contributed by atoms with E-state index in [2.05, 4.69) is 10.6 Å². The number of hydrogen-bond acceptors (Lipinski definition) is 4. The van der Waals surface area contributed by atoms with E-state index < -0.39 is 11.6 Å². The number of carboxylic acids is 1. The highest BCUT2D eigenvalue weighted by Gasteiger charge is 2.35. The van der Waals surface area contributed by atoms with E-state index >= 15 is 0 Å². The first-order valence-electron chi connectivity index (χ1n) is 7.58. The molecule has 1 amide bonds. The van der Waals surface area contributed by atoms with Crippen LogP contribution in [0.25, 0.3) is 0 Å². The Bertz CT molecular complexity index is 368. The lowest BCUT2D eigenvalue weighted by molar-refractivity contribution is -0.144. The van der Waals surface area contributed by atoms with Crippen molar-refractivity contribution in [2.45, 2.75) is 64.0 Å². The molecule has 0 aliphatic heterocycles. The van der Waals surface area contributed by atoms with Gasteiger partial charge in [0.25, 0.3) is 0 Å². The minimum absolute atomic E-state index is 0.0171. The Labute approximate surface area is 126 Å². The first-order chi connectivity index (χ1) is 9.61. The summed E-state index contributed by atoms with van der Waals surface area (Å²) in [6, 6.07) is 0. The van der Waals surface area contributed by atoms with Crippen LogP contribution in [-0.2, 0) is 9.59 Å². The monoisotopic (exact) mass is 300 g/mol. The molecule has 6 nitrogen and oxygen atoms in total. The molecule has 0 radical (unpaired) electrons. The maximum atomic E-state index is 11.6. The first-order valence-corrected chi connectivity index (χ1v) is 7.58. The Kier molecular flexibility index (Phi) is 6.16. The lowest BCUT2D eigenvalue weighted by atomic mass is 9.79. The lowest BCUT2D eigenvalue weighted by Gasteiger charge is -2.34. The van der Waals surface area contributed by atoms with Crippen LogP contribution in [0.3, 0.4) is 0 Å². The summed E-state index contributed by atoms with van der Waals surface area (Å²) in [4.78, 5) is 22.5. The molecule has 0 saturated heterocycles. The van der Waals surface area contributed by atoms with E-state index in [1.54, 1.807) is 0 Å². The van der Waals surface area contributed by atoms with Crippen LogP contribution in [0.2, 0.25) is 0 Å². The number of carbonyl (C=O) groups excluding carboxylic acids is 1. The fourth-order valence-corrected chi connectivity index (χ4v) is 2.58. The highest BCUT2D eigenvalue weighted by molar-refractivity contribution is 5.76. The molecule has 0 bridgehead atoms. The van der Waals surface area contributed by atoms with Gasteiger partial charge in [0.15, 0.2) is 0 Å². The van der Waals surface area contributed by atoms with E-state index in [1.165, 1.54) is 0 Å². The molecule has 0 aromatic heterocycles. The van der Waals surface area contributed by atoms with Crippen LogP contribution >= 0.6 is 0 Å². The number of aliphatic carboxylic acids is 1. The second kappa shape index (κ2) is 7.22. The van der Waals surface area contributed by atoms with Gasteiger partial charge in [-0.15, -0.1) is 0 Å². The largest absolute Gasteiger partial charge is 0.481 e. The third kappa shape index (κ3) is 6.91. The SMILES string of the molecule is CC(C)(C)NC(=O)CCNCC1(O)CCC(C(=O)O)CC1. The van der Waals surface area contributed by atoms with Crippen molar-refractivity contribution in [2.75, 3.05) is 13.1 Å². The summed E-state index contributed by atoms with van der Waals surface area (Å²) in [6.07, 6.45) is 2.37. The molecular formula is C15H28N2O4. The second-order valence-corrected chi connectivity index (χ2v) is 7.06. The van der Waals surface area contributed by atoms with E-state index in [-0.39, 0.29) is 17.4 Å². The molecule has 21 heavy (non-hydrogen) atoms. The molecule has 1 aliphatic rings. The van der Waals surface area contributed by atoms with Gasteiger partial charge in [-0.2, -0.15) is 0 Å². The maximum Gasteiger partial charge on any atom is 0.306 e. The summed E-state index contributed by atoms with van der Waals surface area (Å²) in [5, 5.41) is 25.3. The van der Waals surface area contributed by atoms with Crippen LogP contribution in [0.4, 0.5) is 0 Å². The number of carbonyl (C=O) groups is 2. The maximum absolute atomic E-state index is 11.6. The number of amides is 1. The Morgan fingerprint density at radius 3 is 2.29 bits per heavy atom. The molecule has 1 fully saturated rings. The minimum atomic E-state index is -0.841. The number of aliphatic hydroxyl groups is 1. The van der Waals surface area contributed by atoms with E-state index in [1.807, 2.05) is 20.8 Å².